The number of aryl methyl sites for hydroxylation is 3. The Morgan fingerprint density at radius 1 is 1.33 bits per heavy atom. The normalized spacial score (nSPS) is 10.6. The smallest absolute Gasteiger partial charge is 0.103 e. The Hall–Kier alpha value is -1.78. The van der Waals surface area contributed by atoms with Gasteiger partial charge >= 0.3 is 0 Å². The lowest BCUT2D eigenvalue weighted by Gasteiger charge is -2.03. The standard InChI is InChI=1S/C10H15N5/c1-6-10(7(2)15-14-6)12-5-9-4-11-8(3)13-9/h4,12H,5H2,1-3H3,(H,11,13)(H,14,15). The lowest BCUT2D eigenvalue weighted by Crippen LogP contribution is -2.01. The highest BCUT2D eigenvalue weighted by Gasteiger charge is 2.05. The van der Waals surface area contributed by atoms with Crippen molar-refractivity contribution >= 4 is 5.69 Å². The van der Waals surface area contributed by atoms with Crippen molar-refractivity contribution in [1.29, 1.82) is 0 Å². The van der Waals surface area contributed by atoms with Gasteiger partial charge in [0.25, 0.3) is 0 Å². The van der Waals surface area contributed by atoms with Gasteiger partial charge in [-0.05, 0) is 20.8 Å². The molecule has 80 valence electrons. The maximum absolute atomic E-state index is 4.14. The molecule has 0 unspecified atom stereocenters. The molecule has 0 aliphatic rings. The first kappa shape index (κ1) is 9.76. The Bertz CT molecular complexity index is 435. The number of nitrogens with zero attached hydrogens (tertiary/aromatic N) is 2. The molecule has 2 aromatic heterocycles. The molecule has 0 radical (unpaired) electrons. The van der Waals surface area contributed by atoms with Crippen LogP contribution in [0.2, 0.25) is 0 Å². The lowest BCUT2D eigenvalue weighted by molar-refractivity contribution is 1.02. The third-order valence-electron chi connectivity index (χ3n) is 2.34. The number of nitrogens with one attached hydrogen (secondary N) is 3. The monoisotopic (exact) mass is 205 g/mol. The summed E-state index contributed by atoms with van der Waals surface area (Å²) in [5.41, 5.74) is 4.20. The van der Waals surface area contributed by atoms with Gasteiger partial charge in [0.2, 0.25) is 0 Å². The van der Waals surface area contributed by atoms with Crippen molar-refractivity contribution in [2.24, 2.45) is 0 Å². The van der Waals surface area contributed by atoms with Crippen LogP contribution in [0.25, 0.3) is 0 Å². The largest absolute Gasteiger partial charge is 0.376 e. The summed E-state index contributed by atoms with van der Waals surface area (Å²) < 4.78 is 0. The minimum Gasteiger partial charge on any atom is -0.376 e. The number of hydrogen-bond acceptors (Lipinski definition) is 3. The summed E-state index contributed by atoms with van der Waals surface area (Å²) in [6.07, 6.45) is 1.84. The zero-order chi connectivity index (χ0) is 10.8. The summed E-state index contributed by atoms with van der Waals surface area (Å²) in [5, 5.41) is 10.4. The first-order valence-corrected chi connectivity index (χ1v) is 4.92. The molecular weight excluding hydrogens is 190 g/mol. The van der Waals surface area contributed by atoms with E-state index in [0.717, 1.165) is 35.1 Å². The van der Waals surface area contributed by atoms with Crippen LogP contribution in [0.3, 0.4) is 0 Å². The second-order valence-electron chi connectivity index (χ2n) is 3.66. The van der Waals surface area contributed by atoms with E-state index < -0.39 is 0 Å². The molecule has 2 aromatic rings. The van der Waals surface area contributed by atoms with Gasteiger partial charge in [-0.1, -0.05) is 0 Å². The van der Waals surface area contributed by atoms with Gasteiger partial charge in [-0.25, -0.2) is 4.98 Å². The second-order valence-corrected chi connectivity index (χ2v) is 3.66. The molecule has 0 spiro atoms. The van der Waals surface area contributed by atoms with Crippen molar-refractivity contribution in [3.8, 4) is 0 Å². The fourth-order valence-electron chi connectivity index (χ4n) is 1.56. The quantitative estimate of drug-likeness (QED) is 0.714. The highest BCUT2D eigenvalue weighted by Crippen LogP contribution is 2.16. The zero-order valence-electron chi connectivity index (χ0n) is 9.18. The minimum atomic E-state index is 0.738. The molecule has 0 aliphatic heterocycles. The van der Waals surface area contributed by atoms with Gasteiger partial charge in [0.1, 0.15) is 5.82 Å². The van der Waals surface area contributed by atoms with E-state index in [0.29, 0.717) is 0 Å². The average molecular weight is 205 g/mol. The zero-order valence-corrected chi connectivity index (χ0v) is 9.18. The molecule has 2 rings (SSSR count). The lowest BCUT2D eigenvalue weighted by atomic mass is 10.3. The van der Waals surface area contributed by atoms with E-state index in [1.807, 2.05) is 27.0 Å². The first-order valence-electron chi connectivity index (χ1n) is 4.92. The maximum Gasteiger partial charge on any atom is 0.103 e. The molecule has 0 fully saturated rings. The van der Waals surface area contributed by atoms with Gasteiger partial charge in [-0.15, -0.1) is 0 Å². The summed E-state index contributed by atoms with van der Waals surface area (Å²) >= 11 is 0. The molecule has 5 nitrogen and oxygen atoms in total. The number of aromatic nitrogens is 4. The fourth-order valence-corrected chi connectivity index (χ4v) is 1.56. The fraction of sp³-hybridized carbons (Fsp3) is 0.400. The maximum atomic E-state index is 4.14. The SMILES string of the molecule is Cc1ncc(CNc2c(C)n[nH]c2C)[nH]1. The van der Waals surface area contributed by atoms with E-state index in [1.54, 1.807) is 0 Å². The van der Waals surface area contributed by atoms with Crippen molar-refractivity contribution in [2.45, 2.75) is 27.3 Å². The molecule has 3 N–H and O–H groups in total. The van der Waals surface area contributed by atoms with Crippen LogP contribution in [0.4, 0.5) is 5.69 Å². The Morgan fingerprint density at radius 3 is 2.67 bits per heavy atom. The molecule has 5 heteroatoms. The van der Waals surface area contributed by atoms with E-state index in [2.05, 4.69) is 25.5 Å². The van der Waals surface area contributed by atoms with Crippen LogP contribution < -0.4 is 5.32 Å². The van der Waals surface area contributed by atoms with Crippen LogP contribution in [0.5, 0.6) is 0 Å². The Kier molecular flexibility index (Phi) is 2.45. The average Bonchev–Trinajstić information content (AvgIpc) is 2.73. The molecular formula is C10H15N5. The molecule has 0 aliphatic carbocycles. The molecule has 0 bridgehead atoms. The van der Waals surface area contributed by atoms with E-state index in [-0.39, 0.29) is 0 Å². The van der Waals surface area contributed by atoms with E-state index >= 15 is 0 Å². The Morgan fingerprint density at radius 2 is 2.13 bits per heavy atom. The van der Waals surface area contributed by atoms with Crippen LogP contribution in [0, 0.1) is 20.8 Å². The summed E-state index contributed by atoms with van der Waals surface area (Å²) in [5.74, 6) is 0.937. The summed E-state index contributed by atoms with van der Waals surface area (Å²) in [7, 11) is 0. The third kappa shape index (κ3) is 2.01. The van der Waals surface area contributed by atoms with Crippen LogP contribution >= 0.6 is 0 Å². The Labute approximate surface area is 88.3 Å². The molecule has 0 aromatic carbocycles. The predicted octanol–water partition coefficient (Wildman–Crippen LogP) is 1.67. The molecule has 15 heavy (non-hydrogen) atoms. The molecule has 0 saturated carbocycles. The highest BCUT2D eigenvalue weighted by atomic mass is 15.1. The van der Waals surface area contributed by atoms with Crippen molar-refractivity contribution in [3.05, 3.63) is 29.1 Å². The number of hydrogen-bond donors (Lipinski definition) is 3. The first-order chi connectivity index (χ1) is 7.16. The minimum absolute atomic E-state index is 0.738. The van der Waals surface area contributed by atoms with Crippen LogP contribution in [0.15, 0.2) is 6.20 Å². The number of rotatable bonds is 3. The summed E-state index contributed by atoms with van der Waals surface area (Å²) in [4.78, 5) is 7.32. The van der Waals surface area contributed by atoms with E-state index in [1.165, 1.54) is 0 Å². The van der Waals surface area contributed by atoms with Gasteiger partial charge in [0.05, 0.1) is 35.5 Å². The molecule has 0 saturated heterocycles. The number of imidazole rings is 1. The molecule has 0 atom stereocenters. The van der Waals surface area contributed by atoms with Gasteiger partial charge in [0.15, 0.2) is 0 Å². The Balaban J connectivity index is 2.05. The topological polar surface area (TPSA) is 69.4 Å². The van der Waals surface area contributed by atoms with Gasteiger partial charge < -0.3 is 10.3 Å². The van der Waals surface area contributed by atoms with Crippen molar-refractivity contribution < 1.29 is 0 Å². The van der Waals surface area contributed by atoms with Crippen LogP contribution in [-0.4, -0.2) is 20.2 Å². The van der Waals surface area contributed by atoms with E-state index in [9.17, 15) is 0 Å². The van der Waals surface area contributed by atoms with Crippen molar-refractivity contribution in [2.75, 3.05) is 5.32 Å². The molecule has 2 heterocycles. The summed E-state index contributed by atoms with van der Waals surface area (Å²) in [6.45, 7) is 6.66. The van der Waals surface area contributed by atoms with Crippen LogP contribution in [0.1, 0.15) is 22.9 Å². The third-order valence-corrected chi connectivity index (χ3v) is 2.34. The van der Waals surface area contributed by atoms with E-state index in [4.69, 9.17) is 0 Å². The van der Waals surface area contributed by atoms with Crippen LogP contribution in [-0.2, 0) is 6.54 Å². The van der Waals surface area contributed by atoms with Crippen molar-refractivity contribution in [3.63, 3.8) is 0 Å². The highest BCUT2D eigenvalue weighted by molar-refractivity contribution is 5.51. The van der Waals surface area contributed by atoms with Gasteiger partial charge in [-0.2, -0.15) is 5.10 Å². The molecule has 0 amide bonds. The predicted molar refractivity (Wildman–Crippen MR) is 58.7 cm³/mol. The van der Waals surface area contributed by atoms with Gasteiger partial charge in [0, 0.05) is 0 Å². The second kappa shape index (κ2) is 3.76. The summed E-state index contributed by atoms with van der Waals surface area (Å²) in [6, 6.07) is 0. The number of aromatic amines is 2. The number of H-pyrrole nitrogens is 2. The van der Waals surface area contributed by atoms with Crippen molar-refractivity contribution in [1.82, 2.24) is 20.2 Å². The van der Waals surface area contributed by atoms with Gasteiger partial charge in [-0.3, -0.25) is 5.10 Å². The number of anilines is 1.